The fourth-order valence-corrected chi connectivity index (χ4v) is 5.65. The van der Waals surface area contributed by atoms with Crippen LogP contribution >= 0.6 is 0 Å². The molecule has 0 spiro atoms. The minimum absolute atomic E-state index is 0.197. The van der Waals surface area contributed by atoms with Gasteiger partial charge in [0, 0.05) is 29.0 Å². The van der Waals surface area contributed by atoms with Gasteiger partial charge in [0.05, 0.1) is 11.3 Å². The molecule has 0 fully saturated rings. The Kier molecular flexibility index (Phi) is 7.51. The first kappa shape index (κ1) is 25.6. The van der Waals surface area contributed by atoms with Crippen LogP contribution in [0.25, 0.3) is 33.6 Å². The zero-order valence-electron chi connectivity index (χ0n) is 23.0. The summed E-state index contributed by atoms with van der Waals surface area (Å²) >= 11 is 0. The van der Waals surface area contributed by atoms with Crippen LogP contribution in [-0.2, 0) is 12.0 Å². The van der Waals surface area contributed by atoms with Crippen LogP contribution in [0.3, 0.4) is 0 Å². The molecule has 5 aromatic rings. The second-order valence-electron chi connectivity index (χ2n) is 10.8. The first-order valence-electron chi connectivity index (χ1n) is 13.7. The lowest BCUT2D eigenvalue weighted by atomic mass is 9.78. The molecular weight excluding hydrogens is 460 g/mol. The van der Waals surface area contributed by atoms with Crippen molar-refractivity contribution in [2.45, 2.75) is 52.5 Å². The van der Waals surface area contributed by atoms with Crippen molar-refractivity contribution in [3.63, 3.8) is 0 Å². The Morgan fingerprint density at radius 3 is 2.18 bits per heavy atom. The van der Waals surface area contributed by atoms with Gasteiger partial charge in [-0.25, -0.2) is 0 Å². The maximum absolute atomic E-state index is 4.48. The van der Waals surface area contributed by atoms with Crippen LogP contribution in [0, 0.1) is 6.92 Å². The molecule has 0 unspecified atom stereocenters. The van der Waals surface area contributed by atoms with Gasteiger partial charge in [0.2, 0.25) is 5.69 Å². The Morgan fingerprint density at radius 1 is 0.763 bits per heavy atom. The minimum Gasteiger partial charge on any atom is -0.256 e. The van der Waals surface area contributed by atoms with Crippen molar-refractivity contribution in [1.82, 2.24) is 4.98 Å². The number of aryl methyl sites for hydroxylation is 1. The topological polar surface area (TPSA) is 16.8 Å². The van der Waals surface area contributed by atoms with Gasteiger partial charge in [-0.3, -0.25) is 4.98 Å². The van der Waals surface area contributed by atoms with Crippen LogP contribution in [-0.4, -0.2) is 4.98 Å². The Bertz CT molecular complexity index is 1520. The van der Waals surface area contributed by atoms with Crippen molar-refractivity contribution in [2.75, 3.05) is 0 Å². The van der Waals surface area contributed by atoms with Gasteiger partial charge < -0.3 is 0 Å². The lowest BCUT2D eigenvalue weighted by molar-refractivity contribution is -0.671. The average Bonchev–Trinajstić information content (AvgIpc) is 3.31. The third-order valence-electron chi connectivity index (χ3n) is 7.56. The standard InChI is InChI=1S/C19H16N.C17H21N/c1-14-11-19-17-10-6-5-9-16(17)12-20(19)13-18(14)15-7-3-2-4-8-15;1-4-12-17(2,3)15-10-6-5-9-14(15)16-11-7-8-13-18-16/h2-11,13H,12H2,1H3;5-11,13H,4,12H2,1-3H3/q+1;. The third-order valence-corrected chi connectivity index (χ3v) is 7.56. The summed E-state index contributed by atoms with van der Waals surface area (Å²) in [7, 11) is 0. The summed E-state index contributed by atoms with van der Waals surface area (Å²) < 4.78 is 2.36. The molecule has 3 heterocycles. The fourth-order valence-electron chi connectivity index (χ4n) is 5.65. The van der Waals surface area contributed by atoms with Gasteiger partial charge in [-0.05, 0) is 53.6 Å². The van der Waals surface area contributed by atoms with Crippen molar-refractivity contribution < 1.29 is 4.57 Å². The molecule has 0 bridgehead atoms. The van der Waals surface area contributed by atoms with E-state index in [4.69, 9.17) is 0 Å². The summed E-state index contributed by atoms with van der Waals surface area (Å²) in [6.45, 7) is 10.1. The Balaban J connectivity index is 0.000000156. The van der Waals surface area contributed by atoms with Gasteiger partial charge in [-0.15, -0.1) is 0 Å². The lowest BCUT2D eigenvalue weighted by Crippen LogP contribution is -2.32. The first-order valence-corrected chi connectivity index (χ1v) is 13.7. The summed E-state index contributed by atoms with van der Waals surface area (Å²) in [5.41, 5.74) is 12.0. The monoisotopic (exact) mass is 497 g/mol. The lowest BCUT2D eigenvalue weighted by Gasteiger charge is -2.27. The van der Waals surface area contributed by atoms with Crippen molar-refractivity contribution in [1.29, 1.82) is 0 Å². The Morgan fingerprint density at radius 2 is 1.45 bits per heavy atom. The molecule has 0 radical (unpaired) electrons. The second kappa shape index (κ2) is 11.1. The van der Waals surface area contributed by atoms with Crippen molar-refractivity contribution in [2.24, 2.45) is 0 Å². The van der Waals surface area contributed by atoms with E-state index in [9.17, 15) is 0 Å². The number of aromatic nitrogens is 2. The van der Waals surface area contributed by atoms with Crippen molar-refractivity contribution in [3.8, 4) is 33.6 Å². The summed E-state index contributed by atoms with van der Waals surface area (Å²) in [4.78, 5) is 4.48. The van der Waals surface area contributed by atoms with Gasteiger partial charge in [-0.1, -0.05) is 106 Å². The van der Waals surface area contributed by atoms with E-state index in [0.717, 1.165) is 12.2 Å². The summed E-state index contributed by atoms with van der Waals surface area (Å²) in [5, 5.41) is 0. The van der Waals surface area contributed by atoms with Crippen LogP contribution in [0.1, 0.15) is 50.3 Å². The average molecular weight is 498 g/mol. The summed E-state index contributed by atoms with van der Waals surface area (Å²) in [5.74, 6) is 0. The molecule has 38 heavy (non-hydrogen) atoms. The SMILES string of the molecule is CCCC(C)(C)c1ccccc1-c1ccccn1.Cc1cc2[n+](cc1-c1ccccc1)Cc1ccccc1-2. The predicted molar refractivity (Wildman–Crippen MR) is 159 cm³/mol. The fraction of sp³-hybridized carbons (Fsp3) is 0.222. The molecular formula is C36H37N2+. The van der Waals surface area contributed by atoms with Gasteiger partial charge in [0.25, 0.3) is 0 Å². The van der Waals surface area contributed by atoms with E-state index in [-0.39, 0.29) is 5.41 Å². The van der Waals surface area contributed by atoms with E-state index in [1.165, 1.54) is 57.5 Å². The van der Waals surface area contributed by atoms with Gasteiger partial charge >= 0.3 is 0 Å². The highest BCUT2D eigenvalue weighted by atomic mass is 15.0. The molecule has 1 aliphatic heterocycles. The zero-order chi connectivity index (χ0) is 26.5. The van der Waals surface area contributed by atoms with Crippen LogP contribution in [0.15, 0.2) is 116 Å². The predicted octanol–water partition coefficient (Wildman–Crippen LogP) is 8.80. The minimum atomic E-state index is 0.197. The van der Waals surface area contributed by atoms with Gasteiger partial charge in [-0.2, -0.15) is 4.57 Å². The quantitative estimate of drug-likeness (QED) is 0.217. The van der Waals surface area contributed by atoms with E-state index in [1.54, 1.807) is 0 Å². The normalized spacial score (nSPS) is 11.8. The number of benzene rings is 3. The second-order valence-corrected chi connectivity index (χ2v) is 10.8. The molecule has 0 N–H and O–H groups in total. The van der Waals surface area contributed by atoms with Crippen LogP contribution in [0.4, 0.5) is 0 Å². The van der Waals surface area contributed by atoms with E-state index >= 15 is 0 Å². The molecule has 2 heteroatoms. The molecule has 0 saturated heterocycles. The first-order chi connectivity index (χ1) is 18.5. The molecule has 0 atom stereocenters. The summed E-state index contributed by atoms with van der Waals surface area (Å²) in [6.07, 6.45) is 6.54. The number of fused-ring (bicyclic) bond motifs is 3. The number of pyridine rings is 2. The Hall–Kier alpha value is -4.04. The number of rotatable bonds is 5. The van der Waals surface area contributed by atoms with Gasteiger partial charge in [0.15, 0.2) is 12.7 Å². The van der Waals surface area contributed by atoms with Crippen molar-refractivity contribution in [3.05, 3.63) is 132 Å². The molecule has 1 aliphatic rings. The molecule has 0 amide bonds. The van der Waals surface area contributed by atoms with E-state index in [2.05, 4.69) is 134 Å². The van der Waals surface area contributed by atoms with E-state index in [1.807, 2.05) is 18.3 Å². The highest BCUT2D eigenvalue weighted by Gasteiger charge is 2.27. The maximum Gasteiger partial charge on any atom is 0.213 e. The van der Waals surface area contributed by atoms with Crippen LogP contribution in [0.5, 0.6) is 0 Å². The van der Waals surface area contributed by atoms with Gasteiger partial charge in [0.1, 0.15) is 0 Å². The third kappa shape index (κ3) is 5.31. The van der Waals surface area contributed by atoms with E-state index in [0.29, 0.717) is 0 Å². The number of nitrogens with zero attached hydrogens (tertiary/aromatic N) is 2. The number of hydrogen-bond donors (Lipinski definition) is 0. The van der Waals surface area contributed by atoms with Crippen LogP contribution < -0.4 is 4.57 Å². The van der Waals surface area contributed by atoms with Crippen LogP contribution in [0.2, 0.25) is 0 Å². The zero-order valence-corrected chi connectivity index (χ0v) is 23.0. The molecule has 2 aromatic heterocycles. The molecule has 2 nitrogen and oxygen atoms in total. The molecule has 0 saturated carbocycles. The maximum atomic E-state index is 4.48. The molecule has 0 aliphatic carbocycles. The highest BCUT2D eigenvalue weighted by Crippen LogP contribution is 2.35. The largest absolute Gasteiger partial charge is 0.256 e. The Labute approximate surface area is 227 Å². The highest BCUT2D eigenvalue weighted by molar-refractivity contribution is 5.70. The summed E-state index contributed by atoms with van der Waals surface area (Å²) in [6, 6.07) is 36.3. The number of hydrogen-bond acceptors (Lipinski definition) is 1. The molecule has 6 rings (SSSR count). The van der Waals surface area contributed by atoms with E-state index < -0.39 is 0 Å². The molecule has 190 valence electrons. The smallest absolute Gasteiger partial charge is 0.213 e. The van der Waals surface area contributed by atoms with Crippen molar-refractivity contribution >= 4 is 0 Å². The molecule has 3 aromatic carbocycles.